The SMILES string of the molecule is COc1cccc(NC(C(=O)O)c2ccc(F)cc2Br)c1. The van der Waals surface area contributed by atoms with E-state index in [0.29, 0.717) is 21.5 Å². The maximum absolute atomic E-state index is 13.1. The van der Waals surface area contributed by atoms with Gasteiger partial charge < -0.3 is 15.2 Å². The van der Waals surface area contributed by atoms with Crippen LogP contribution in [0.15, 0.2) is 46.9 Å². The molecule has 0 saturated heterocycles. The second-order valence-corrected chi connectivity index (χ2v) is 5.17. The van der Waals surface area contributed by atoms with Crippen LogP contribution in [-0.4, -0.2) is 18.2 Å². The molecule has 110 valence electrons. The Morgan fingerprint density at radius 3 is 2.71 bits per heavy atom. The minimum absolute atomic E-state index is 0.394. The normalized spacial score (nSPS) is 11.8. The van der Waals surface area contributed by atoms with Gasteiger partial charge in [-0.2, -0.15) is 0 Å². The molecule has 0 bridgehead atoms. The molecule has 6 heteroatoms. The Bertz CT molecular complexity index is 663. The van der Waals surface area contributed by atoms with E-state index >= 15 is 0 Å². The van der Waals surface area contributed by atoms with Crippen LogP contribution in [0.25, 0.3) is 0 Å². The van der Waals surface area contributed by atoms with Gasteiger partial charge in [0.05, 0.1) is 7.11 Å². The first-order valence-electron chi connectivity index (χ1n) is 6.09. The van der Waals surface area contributed by atoms with Crippen LogP contribution in [0.3, 0.4) is 0 Å². The highest BCUT2D eigenvalue weighted by atomic mass is 79.9. The highest BCUT2D eigenvalue weighted by Gasteiger charge is 2.22. The number of nitrogens with one attached hydrogen (secondary N) is 1. The number of anilines is 1. The molecule has 0 spiro atoms. The first-order chi connectivity index (χ1) is 10.0. The quantitative estimate of drug-likeness (QED) is 0.857. The summed E-state index contributed by atoms with van der Waals surface area (Å²) < 4.78 is 18.6. The van der Waals surface area contributed by atoms with E-state index in [-0.39, 0.29) is 0 Å². The Balaban J connectivity index is 2.33. The van der Waals surface area contributed by atoms with Crippen LogP contribution in [0.2, 0.25) is 0 Å². The smallest absolute Gasteiger partial charge is 0.330 e. The number of carbonyl (C=O) groups is 1. The number of aliphatic carboxylic acids is 1. The molecule has 0 aliphatic heterocycles. The van der Waals surface area contributed by atoms with Crippen molar-refractivity contribution in [2.75, 3.05) is 12.4 Å². The number of carboxylic acids is 1. The highest BCUT2D eigenvalue weighted by molar-refractivity contribution is 9.10. The number of ether oxygens (including phenoxy) is 1. The molecular formula is C15H13BrFNO3. The van der Waals surface area contributed by atoms with Gasteiger partial charge in [0.25, 0.3) is 0 Å². The van der Waals surface area contributed by atoms with Gasteiger partial charge in [-0.1, -0.05) is 28.1 Å². The molecule has 0 saturated carbocycles. The topological polar surface area (TPSA) is 58.6 Å². The summed E-state index contributed by atoms with van der Waals surface area (Å²) in [6.45, 7) is 0. The minimum atomic E-state index is -1.06. The summed E-state index contributed by atoms with van der Waals surface area (Å²) in [6.07, 6.45) is 0. The molecule has 0 aliphatic carbocycles. The maximum atomic E-state index is 13.1. The van der Waals surface area contributed by atoms with Gasteiger partial charge in [-0.05, 0) is 29.8 Å². The van der Waals surface area contributed by atoms with Gasteiger partial charge in [-0.15, -0.1) is 0 Å². The molecule has 0 aliphatic rings. The Morgan fingerprint density at radius 2 is 2.10 bits per heavy atom. The van der Waals surface area contributed by atoms with Crippen molar-refractivity contribution in [2.24, 2.45) is 0 Å². The number of rotatable bonds is 5. The number of halogens is 2. The number of hydrogen-bond donors (Lipinski definition) is 2. The Hall–Kier alpha value is -2.08. The lowest BCUT2D eigenvalue weighted by Crippen LogP contribution is -2.21. The molecule has 4 nitrogen and oxygen atoms in total. The number of carboxylic acid groups (broad SMARTS) is 1. The number of methoxy groups -OCH3 is 1. The van der Waals surface area contributed by atoms with Gasteiger partial charge in [-0.25, -0.2) is 9.18 Å². The summed E-state index contributed by atoms with van der Waals surface area (Å²) in [5, 5.41) is 12.3. The van der Waals surface area contributed by atoms with Crippen LogP contribution >= 0.6 is 15.9 Å². The molecule has 0 radical (unpaired) electrons. The van der Waals surface area contributed by atoms with Crippen molar-refractivity contribution in [3.63, 3.8) is 0 Å². The van der Waals surface area contributed by atoms with Gasteiger partial charge in [0.2, 0.25) is 0 Å². The molecule has 1 unspecified atom stereocenters. The van der Waals surface area contributed by atoms with Crippen LogP contribution in [0.5, 0.6) is 5.75 Å². The summed E-state index contributed by atoms with van der Waals surface area (Å²) in [5.41, 5.74) is 1.03. The zero-order chi connectivity index (χ0) is 15.4. The molecule has 0 aromatic heterocycles. The van der Waals surface area contributed by atoms with Crippen LogP contribution in [0.4, 0.5) is 10.1 Å². The van der Waals surface area contributed by atoms with Gasteiger partial charge >= 0.3 is 5.97 Å². The monoisotopic (exact) mass is 353 g/mol. The molecule has 0 heterocycles. The van der Waals surface area contributed by atoms with Crippen molar-refractivity contribution in [2.45, 2.75) is 6.04 Å². The lowest BCUT2D eigenvalue weighted by molar-refractivity contribution is -0.138. The molecular weight excluding hydrogens is 341 g/mol. The molecule has 2 aromatic rings. The fourth-order valence-corrected chi connectivity index (χ4v) is 2.47. The molecule has 0 amide bonds. The average Bonchev–Trinajstić information content (AvgIpc) is 2.45. The van der Waals surface area contributed by atoms with E-state index in [1.807, 2.05) is 0 Å². The summed E-state index contributed by atoms with van der Waals surface area (Å²) in [4.78, 5) is 11.5. The Morgan fingerprint density at radius 1 is 1.33 bits per heavy atom. The van der Waals surface area contributed by atoms with E-state index in [4.69, 9.17) is 4.74 Å². The molecule has 21 heavy (non-hydrogen) atoms. The third-order valence-electron chi connectivity index (χ3n) is 2.90. The first kappa shape index (κ1) is 15.3. The van der Waals surface area contributed by atoms with E-state index in [2.05, 4.69) is 21.2 Å². The van der Waals surface area contributed by atoms with Gasteiger partial charge in [0.1, 0.15) is 11.6 Å². The average molecular weight is 354 g/mol. The van der Waals surface area contributed by atoms with Crippen molar-refractivity contribution in [1.82, 2.24) is 0 Å². The van der Waals surface area contributed by atoms with Crippen LogP contribution < -0.4 is 10.1 Å². The summed E-state index contributed by atoms with van der Waals surface area (Å²) in [7, 11) is 1.53. The fourth-order valence-electron chi connectivity index (χ4n) is 1.89. The highest BCUT2D eigenvalue weighted by Crippen LogP contribution is 2.28. The lowest BCUT2D eigenvalue weighted by atomic mass is 10.1. The van der Waals surface area contributed by atoms with Gasteiger partial charge in [0, 0.05) is 16.2 Å². The summed E-state index contributed by atoms with van der Waals surface area (Å²) >= 11 is 3.19. The number of hydrogen-bond acceptors (Lipinski definition) is 3. The predicted molar refractivity (Wildman–Crippen MR) is 81.1 cm³/mol. The standard InChI is InChI=1S/C15H13BrFNO3/c1-21-11-4-2-3-10(8-11)18-14(15(19)20)12-6-5-9(17)7-13(12)16/h2-8,14,18H,1H3,(H,19,20). The lowest BCUT2D eigenvalue weighted by Gasteiger charge is -2.18. The summed E-state index contributed by atoms with van der Waals surface area (Å²) in [5.74, 6) is -0.886. The van der Waals surface area contributed by atoms with E-state index in [1.54, 1.807) is 24.3 Å². The van der Waals surface area contributed by atoms with Crippen LogP contribution in [-0.2, 0) is 4.79 Å². The van der Waals surface area contributed by atoms with E-state index < -0.39 is 17.8 Å². The van der Waals surface area contributed by atoms with Crippen molar-refractivity contribution in [1.29, 1.82) is 0 Å². The Labute approximate surface area is 129 Å². The van der Waals surface area contributed by atoms with Crippen molar-refractivity contribution >= 4 is 27.6 Å². The number of benzene rings is 2. The van der Waals surface area contributed by atoms with Gasteiger partial charge in [0.15, 0.2) is 6.04 Å². The van der Waals surface area contributed by atoms with Crippen LogP contribution in [0.1, 0.15) is 11.6 Å². The molecule has 2 N–H and O–H groups in total. The van der Waals surface area contributed by atoms with Crippen molar-refractivity contribution < 1.29 is 19.0 Å². The van der Waals surface area contributed by atoms with Crippen molar-refractivity contribution in [3.05, 3.63) is 58.3 Å². The Kier molecular flexibility index (Phi) is 4.80. The third-order valence-corrected chi connectivity index (χ3v) is 3.59. The predicted octanol–water partition coefficient (Wildman–Crippen LogP) is 3.83. The second kappa shape index (κ2) is 6.58. The largest absolute Gasteiger partial charge is 0.497 e. The molecule has 2 aromatic carbocycles. The molecule has 1 atom stereocenters. The first-order valence-corrected chi connectivity index (χ1v) is 6.89. The maximum Gasteiger partial charge on any atom is 0.330 e. The van der Waals surface area contributed by atoms with Gasteiger partial charge in [-0.3, -0.25) is 0 Å². The van der Waals surface area contributed by atoms with E-state index in [1.165, 1.54) is 25.3 Å². The third kappa shape index (κ3) is 3.72. The molecule has 0 fully saturated rings. The van der Waals surface area contributed by atoms with E-state index in [9.17, 15) is 14.3 Å². The second-order valence-electron chi connectivity index (χ2n) is 4.31. The van der Waals surface area contributed by atoms with E-state index in [0.717, 1.165) is 0 Å². The fraction of sp³-hybridized carbons (Fsp3) is 0.133. The minimum Gasteiger partial charge on any atom is -0.497 e. The van der Waals surface area contributed by atoms with Crippen LogP contribution in [0, 0.1) is 5.82 Å². The zero-order valence-electron chi connectivity index (χ0n) is 11.1. The van der Waals surface area contributed by atoms with Crippen molar-refractivity contribution in [3.8, 4) is 5.75 Å². The molecule has 2 rings (SSSR count). The summed E-state index contributed by atoms with van der Waals surface area (Å²) in [6, 6.07) is 9.82. The zero-order valence-corrected chi connectivity index (χ0v) is 12.7.